The molecule has 3 unspecified atom stereocenters. The van der Waals surface area contributed by atoms with Crippen LogP contribution in [0.5, 0.6) is 0 Å². The first kappa shape index (κ1) is 11.4. The van der Waals surface area contributed by atoms with Gasteiger partial charge in [0.15, 0.2) is 0 Å². The van der Waals surface area contributed by atoms with Gasteiger partial charge in [0.1, 0.15) is 0 Å². The summed E-state index contributed by atoms with van der Waals surface area (Å²) in [7, 11) is 0. The van der Waals surface area contributed by atoms with Crippen LogP contribution in [0.2, 0.25) is 0 Å². The van der Waals surface area contributed by atoms with E-state index in [9.17, 15) is 0 Å². The number of hydrogen-bond acceptors (Lipinski definition) is 1. The van der Waals surface area contributed by atoms with Crippen molar-refractivity contribution in [1.82, 2.24) is 0 Å². The summed E-state index contributed by atoms with van der Waals surface area (Å²) >= 11 is 3.43. The fraction of sp³-hybridized carbons (Fsp3) is 0.889. The van der Waals surface area contributed by atoms with Crippen LogP contribution in [0.4, 0.5) is 0 Å². The van der Waals surface area contributed by atoms with E-state index >= 15 is 0 Å². The van der Waals surface area contributed by atoms with Gasteiger partial charge in [-0.2, -0.15) is 0 Å². The Bertz CT molecular complexity index is 91.6. The normalized spacial score (nSPS) is 16.9. The Kier molecular flexibility index (Phi) is 6.25. The monoisotopic (exact) mass is 221 g/mol. The minimum Gasteiger partial charge on any atom is -0.377 e. The lowest BCUT2D eigenvalue weighted by Gasteiger charge is -2.15. The minimum atomic E-state index is 0.336. The molecule has 67 valence electrons. The van der Waals surface area contributed by atoms with Gasteiger partial charge in [-0.3, -0.25) is 0 Å². The van der Waals surface area contributed by atoms with Gasteiger partial charge in [-0.25, -0.2) is 0 Å². The van der Waals surface area contributed by atoms with Crippen LogP contribution >= 0.6 is 15.9 Å². The Labute approximate surface area is 78.6 Å². The molecular formula is C9H18BrO. The van der Waals surface area contributed by atoms with Crippen molar-refractivity contribution >= 4 is 15.9 Å². The smallest absolute Gasteiger partial charge is 0.0592 e. The number of halogens is 1. The van der Waals surface area contributed by atoms with Crippen molar-refractivity contribution in [3.05, 3.63) is 6.92 Å². The molecule has 0 heterocycles. The van der Waals surface area contributed by atoms with Gasteiger partial charge in [-0.15, -0.1) is 0 Å². The Morgan fingerprint density at radius 1 is 1.36 bits per heavy atom. The molecule has 0 aromatic rings. The van der Waals surface area contributed by atoms with Gasteiger partial charge in [-0.1, -0.05) is 36.7 Å². The third-order valence-electron chi connectivity index (χ3n) is 1.34. The van der Waals surface area contributed by atoms with Gasteiger partial charge >= 0.3 is 0 Å². The fourth-order valence-corrected chi connectivity index (χ4v) is 1.08. The molecule has 0 aliphatic rings. The molecule has 0 rings (SSSR count). The number of ether oxygens (including phenoxy) is 1. The predicted octanol–water partition coefficient (Wildman–Crippen LogP) is 3.04. The second kappa shape index (κ2) is 6.01. The molecular weight excluding hydrogens is 204 g/mol. The Morgan fingerprint density at radius 3 is 2.27 bits per heavy atom. The molecule has 2 heteroatoms. The van der Waals surface area contributed by atoms with Crippen molar-refractivity contribution in [1.29, 1.82) is 0 Å². The molecule has 0 aliphatic heterocycles. The van der Waals surface area contributed by atoms with E-state index < -0.39 is 0 Å². The molecule has 0 amide bonds. The van der Waals surface area contributed by atoms with E-state index in [1.165, 1.54) is 0 Å². The zero-order valence-corrected chi connectivity index (χ0v) is 9.23. The molecule has 0 saturated heterocycles. The first-order chi connectivity index (χ1) is 5.02. The third-order valence-corrected chi connectivity index (χ3v) is 1.61. The van der Waals surface area contributed by atoms with Gasteiger partial charge in [0.25, 0.3) is 0 Å². The summed E-state index contributed by atoms with van der Waals surface area (Å²) < 4.78 is 5.53. The van der Waals surface area contributed by atoms with Crippen molar-refractivity contribution < 1.29 is 4.74 Å². The maximum atomic E-state index is 5.53. The molecule has 0 fully saturated rings. The Hall–Kier alpha value is 0.440. The Balaban J connectivity index is 3.29. The van der Waals surface area contributed by atoms with E-state index in [-0.39, 0.29) is 0 Å². The maximum absolute atomic E-state index is 5.53. The molecule has 0 spiro atoms. The topological polar surface area (TPSA) is 9.23 Å². The quantitative estimate of drug-likeness (QED) is 0.649. The van der Waals surface area contributed by atoms with Crippen LogP contribution in [-0.4, -0.2) is 17.5 Å². The van der Waals surface area contributed by atoms with Gasteiger partial charge in [0.05, 0.1) is 12.7 Å². The summed E-state index contributed by atoms with van der Waals surface area (Å²) in [5, 5.41) is 0. The predicted molar refractivity (Wildman–Crippen MR) is 52.9 cm³/mol. The zero-order valence-electron chi connectivity index (χ0n) is 7.64. The summed E-state index contributed by atoms with van der Waals surface area (Å²) in [6.07, 6.45) is 1.38. The van der Waals surface area contributed by atoms with Crippen molar-refractivity contribution in [2.24, 2.45) is 5.92 Å². The number of rotatable bonds is 5. The van der Waals surface area contributed by atoms with E-state index in [1.807, 2.05) is 0 Å². The number of alkyl halides is 1. The van der Waals surface area contributed by atoms with Gasteiger partial charge < -0.3 is 4.74 Å². The highest BCUT2D eigenvalue weighted by molar-refractivity contribution is 9.09. The maximum Gasteiger partial charge on any atom is 0.0592 e. The van der Waals surface area contributed by atoms with Gasteiger partial charge in [-0.05, 0) is 19.3 Å². The zero-order chi connectivity index (χ0) is 8.85. The molecule has 1 radical (unpaired) electrons. The number of hydrogen-bond donors (Lipinski definition) is 0. The van der Waals surface area contributed by atoms with Crippen molar-refractivity contribution in [3.8, 4) is 0 Å². The highest BCUT2D eigenvalue weighted by atomic mass is 79.9. The Morgan fingerprint density at radius 2 is 1.91 bits per heavy atom. The largest absolute Gasteiger partial charge is 0.377 e. The van der Waals surface area contributed by atoms with Crippen LogP contribution < -0.4 is 0 Å². The van der Waals surface area contributed by atoms with E-state index in [2.05, 4.69) is 43.6 Å². The molecule has 0 aliphatic carbocycles. The van der Waals surface area contributed by atoms with Crippen LogP contribution in [-0.2, 0) is 4.74 Å². The molecule has 11 heavy (non-hydrogen) atoms. The summed E-state index contributed by atoms with van der Waals surface area (Å²) in [5.41, 5.74) is 0. The second-order valence-corrected chi connectivity index (χ2v) is 4.83. The highest BCUT2D eigenvalue weighted by Crippen LogP contribution is 2.08. The van der Waals surface area contributed by atoms with Crippen LogP contribution in [0.25, 0.3) is 0 Å². The SMILES string of the molecule is [CH2]C(C)CC(C)OCC(C)Br. The lowest BCUT2D eigenvalue weighted by atomic mass is 10.1. The van der Waals surface area contributed by atoms with Crippen LogP contribution in [0.3, 0.4) is 0 Å². The summed E-state index contributed by atoms with van der Waals surface area (Å²) in [6, 6.07) is 0. The first-order valence-corrected chi connectivity index (χ1v) is 5.02. The van der Waals surface area contributed by atoms with Crippen molar-refractivity contribution in [2.45, 2.75) is 38.1 Å². The molecule has 0 N–H and O–H groups in total. The average molecular weight is 222 g/mol. The molecule has 1 nitrogen and oxygen atoms in total. The lowest BCUT2D eigenvalue weighted by molar-refractivity contribution is 0.0574. The minimum absolute atomic E-state index is 0.336. The van der Waals surface area contributed by atoms with Crippen LogP contribution in [0.1, 0.15) is 27.2 Å². The lowest BCUT2D eigenvalue weighted by Crippen LogP contribution is -2.15. The third kappa shape index (κ3) is 8.35. The molecule has 0 aromatic heterocycles. The molecule has 0 aromatic carbocycles. The summed E-state index contributed by atoms with van der Waals surface area (Å²) in [6.45, 7) is 11.0. The average Bonchev–Trinajstić information content (AvgIpc) is 1.82. The van der Waals surface area contributed by atoms with E-state index in [0.29, 0.717) is 16.8 Å². The van der Waals surface area contributed by atoms with Crippen LogP contribution in [0, 0.1) is 12.8 Å². The van der Waals surface area contributed by atoms with E-state index in [1.54, 1.807) is 0 Å². The van der Waals surface area contributed by atoms with Crippen LogP contribution in [0.15, 0.2) is 0 Å². The van der Waals surface area contributed by atoms with E-state index in [4.69, 9.17) is 4.74 Å². The summed E-state index contributed by atoms with van der Waals surface area (Å²) in [4.78, 5) is 0.449. The fourth-order valence-electron chi connectivity index (χ4n) is 0.932. The first-order valence-electron chi connectivity index (χ1n) is 4.11. The molecule has 3 atom stereocenters. The van der Waals surface area contributed by atoms with Gasteiger partial charge in [0.2, 0.25) is 0 Å². The summed E-state index contributed by atoms with van der Waals surface area (Å²) in [5.74, 6) is 0.482. The second-order valence-electron chi connectivity index (χ2n) is 3.27. The van der Waals surface area contributed by atoms with Gasteiger partial charge in [0, 0.05) is 4.83 Å². The highest BCUT2D eigenvalue weighted by Gasteiger charge is 2.05. The van der Waals surface area contributed by atoms with Crippen molar-refractivity contribution in [3.63, 3.8) is 0 Å². The molecule has 0 bridgehead atoms. The van der Waals surface area contributed by atoms with Crippen molar-refractivity contribution in [2.75, 3.05) is 6.61 Å². The van der Waals surface area contributed by atoms with E-state index in [0.717, 1.165) is 13.0 Å². The standard InChI is InChI=1S/C9H18BrO/c1-7(2)5-9(4)11-6-8(3)10/h7-9H,1,5-6H2,2-4H3. The molecule has 0 saturated carbocycles.